The summed E-state index contributed by atoms with van der Waals surface area (Å²) in [6.45, 7) is 2.13. The Balaban J connectivity index is 1.27. The van der Waals surface area contributed by atoms with Gasteiger partial charge in [-0.3, -0.25) is 0 Å². The first-order chi connectivity index (χ1) is 13.8. The number of unbranched alkanes of at least 4 members (excludes halogenated alkanes) is 2. The molecule has 0 saturated carbocycles. The summed E-state index contributed by atoms with van der Waals surface area (Å²) < 4.78 is 0. The van der Waals surface area contributed by atoms with Crippen LogP contribution in [0.1, 0.15) is 47.6 Å². The first kappa shape index (κ1) is 18.5. The fourth-order valence-electron chi connectivity index (χ4n) is 3.94. The van der Waals surface area contributed by atoms with Crippen molar-refractivity contribution in [3.63, 3.8) is 0 Å². The standard InChI is InChI=1S/C26H28N2/c1-20-25(19-21-11-4-2-5-12-21)28-26(27-20)18-7-3-6-13-22-15-10-16-23-14-8-9-17-24(22)23/h2,4-5,8-12,14-17H,3,6-7,13,18-19H2,1H3,(H,27,28). The van der Waals surface area contributed by atoms with Gasteiger partial charge in [-0.15, -0.1) is 0 Å². The summed E-state index contributed by atoms with van der Waals surface area (Å²) in [5.41, 5.74) is 5.17. The average molecular weight is 369 g/mol. The van der Waals surface area contributed by atoms with E-state index in [-0.39, 0.29) is 0 Å². The van der Waals surface area contributed by atoms with Crippen molar-refractivity contribution in [2.45, 2.75) is 45.4 Å². The van der Waals surface area contributed by atoms with Gasteiger partial charge >= 0.3 is 0 Å². The lowest BCUT2D eigenvalue weighted by atomic mass is 9.99. The maximum absolute atomic E-state index is 4.85. The van der Waals surface area contributed by atoms with Gasteiger partial charge in [0.15, 0.2) is 0 Å². The number of H-pyrrole nitrogens is 1. The van der Waals surface area contributed by atoms with E-state index in [4.69, 9.17) is 4.98 Å². The van der Waals surface area contributed by atoms with Gasteiger partial charge in [0.1, 0.15) is 5.82 Å². The molecule has 0 aliphatic rings. The number of aryl methyl sites for hydroxylation is 3. The van der Waals surface area contributed by atoms with Crippen molar-refractivity contribution in [3.8, 4) is 0 Å². The van der Waals surface area contributed by atoms with Gasteiger partial charge in [0.05, 0.1) is 5.69 Å². The lowest BCUT2D eigenvalue weighted by Crippen LogP contribution is -1.93. The molecule has 0 amide bonds. The second kappa shape index (κ2) is 8.88. The fraction of sp³-hybridized carbons (Fsp3) is 0.269. The molecule has 0 radical (unpaired) electrons. The Morgan fingerprint density at radius 2 is 1.50 bits per heavy atom. The Morgan fingerprint density at radius 1 is 0.750 bits per heavy atom. The van der Waals surface area contributed by atoms with Crippen molar-refractivity contribution in [2.24, 2.45) is 0 Å². The highest BCUT2D eigenvalue weighted by Gasteiger charge is 2.07. The van der Waals surface area contributed by atoms with Crippen LogP contribution in [0.5, 0.6) is 0 Å². The van der Waals surface area contributed by atoms with E-state index in [2.05, 4.69) is 84.7 Å². The van der Waals surface area contributed by atoms with E-state index < -0.39 is 0 Å². The summed E-state index contributed by atoms with van der Waals surface area (Å²) in [6, 6.07) is 25.9. The second-order valence-corrected chi connectivity index (χ2v) is 7.62. The zero-order chi connectivity index (χ0) is 19.2. The van der Waals surface area contributed by atoms with Crippen molar-refractivity contribution >= 4 is 10.8 Å². The third kappa shape index (κ3) is 4.51. The summed E-state index contributed by atoms with van der Waals surface area (Å²) >= 11 is 0. The molecule has 1 aromatic heterocycles. The molecule has 2 heteroatoms. The van der Waals surface area contributed by atoms with Crippen LogP contribution >= 0.6 is 0 Å². The van der Waals surface area contributed by atoms with Crippen LogP contribution < -0.4 is 0 Å². The molecule has 0 atom stereocenters. The van der Waals surface area contributed by atoms with Crippen LogP contribution in [0.25, 0.3) is 10.8 Å². The maximum atomic E-state index is 4.85. The van der Waals surface area contributed by atoms with Crippen molar-refractivity contribution in [1.29, 1.82) is 0 Å². The van der Waals surface area contributed by atoms with E-state index in [1.807, 2.05) is 0 Å². The number of hydrogen-bond acceptors (Lipinski definition) is 1. The Labute approximate surface area is 167 Å². The lowest BCUT2D eigenvalue weighted by Gasteiger charge is -2.06. The van der Waals surface area contributed by atoms with Gasteiger partial charge in [0.2, 0.25) is 0 Å². The van der Waals surface area contributed by atoms with Crippen LogP contribution in [0, 0.1) is 6.92 Å². The first-order valence-electron chi connectivity index (χ1n) is 10.3. The lowest BCUT2D eigenvalue weighted by molar-refractivity contribution is 0.666. The highest BCUT2D eigenvalue weighted by Crippen LogP contribution is 2.21. The van der Waals surface area contributed by atoms with Gasteiger partial charge in [-0.2, -0.15) is 0 Å². The highest BCUT2D eigenvalue weighted by molar-refractivity contribution is 5.85. The minimum Gasteiger partial charge on any atom is -0.346 e. The summed E-state index contributed by atoms with van der Waals surface area (Å²) in [6.07, 6.45) is 6.73. The fourth-order valence-corrected chi connectivity index (χ4v) is 3.94. The molecule has 1 N–H and O–H groups in total. The summed E-state index contributed by atoms with van der Waals surface area (Å²) in [5, 5.41) is 2.74. The van der Waals surface area contributed by atoms with E-state index in [1.165, 1.54) is 52.5 Å². The van der Waals surface area contributed by atoms with Crippen LogP contribution in [-0.2, 0) is 19.3 Å². The van der Waals surface area contributed by atoms with Gasteiger partial charge in [-0.25, -0.2) is 4.98 Å². The number of hydrogen-bond donors (Lipinski definition) is 1. The highest BCUT2D eigenvalue weighted by atomic mass is 14.9. The number of imidazole rings is 1. The van der Waals surface area contributed by atoms with Crippen molar-refractivity contribution < 1.29 is 0 Å². The third-order valence-electron chi connectivity index (χ3n) is 5.49. The molecule has 3 aromatic carbocycles. The minimum absolute atomic E-state index is 0.907. The molecule has 0 aliphatic heterocycles. The normalized spacial score (nSPS) is 11.2. The largest absolute Gasteiger partial charge is 0.346 e. The molecule has 4 aromatic rings. The number of benzene rings is 3. The number of nitrogens with zero attached hydrogens (tertiary/aromatic N) is 1. The number of aromatic nitrogens is 2. The van der Waals surface area contributed by atoms with Crippen LogP contribution in [-0.4, -0.2) is 9.97 Å². The molecule has 2 nitrogen and oxygen atoms in total. The topological polar surface area (TPSA) is 28.7 Å². The number of nitrogens with one attached hydrogen (secondary N) is 1. The van der Waals surface area contributed by atoms with Crippen molar-refractivity contribution in [1.82, 2.24) is 9.97 Å². The molecule has 0 aliphatic carbocycles. The molecule has 0 spiro atoms. The minimum atomic E-state index is 0.907. The summed E-state index contributed by atoms with van der Waals surface area (Å²) in [7, 11) is 0. The van der Waals surface area contributed by atoms with Gasteiger partial charge in [-0.1, -0.05) is 79.2 Å². The predicted molar refractivity (Wildman–Crippen MR) is 118 cm³/mol. The molecule has 0 fully saturated rings. The average Bonchev–Trinajstić information content (AvgIpc) is 3.08. The van der Waals surface area contributed by atoms with Gasteiger partial charge < -0.3 is 4.98 Å². The zero-order valence-electron chi connectivity index (χ0n) is 16.6. The van der Waals surface area contributed by atoms with Crippen LogP contribution in [0.4, 0.5) is 0 Å². The van der Waals surface area contributed by atoms with E-state index in [9.17, 15) is 0 Å². The van der Waals surface area contributed by atoms with Gasteiger partial charge in [-0.05, 0) is 48.1 Å². The number of rotatable bonds is 8. The second-order valence-electron chi connectivity index (χ2n) is 7.62. The summed E-state index contributed by atoms with van der Waals surface area (Å²) in [4.78, 5) is 8.33. The Morgan fingerprint density at radius 3 is 2.39 bits per heavy atom. The monoisotopic (exact) mass is 368 g/mol. The first-order valence-corrected chi connectivity index (χ1v) is 10.3. The summed E-state index contributed by atoms with van der Waals surface area (Å²) in [5.74, 6) is 1.13. The van der Waals surface area contributed by atoms with Crippen LogP contribution in [0.2, 0.25) is 0 Å². The van der Waals surface area contributed by atoms with E-state index in [1.54, 1.807) is 0 Å². The predicted octanol–water partition coefficient (Wildman–Crippen LogP) is 6.42. The zero-order valence-corrected chi connectivity index (χ0v) is 16.6. The maximum Gasteiger partial charge on any atom is 0.106 e. The van der Waals surface area contributed by atoms with Crippen molar-refractivity contribution in [2.75, 3.05) is 0 Å². The Bertz CT molecular complexity index is 1030. The number of fused-ring (bicyclic) bond motifs is 1. The van der Waals surface area contributed by atoms with Gasteiger partial charge in [0.25, 0.3) is 0 Å². The Hall–Kier alpha value is -2.87. The Kier molecular flexibility index (Phi) is 5.86. The van der Waals surface area contributed by atoms with E-state index in [0.29, 0.717) is 0 Å². The number of aromatic amines is 1. The van der Waals surface area contributed by atoms with E-state index >= 15 is 0 Å². The molecular formula is C26H28N2. The molecule has 0 saturated heterocycles. The quantitative estimate of drug-likeness (QED) is 0.357. The van der Waals surface area contributed by atoms with Gasteiger partial charge in [0, 0.05) is 18.5 Å². The molecule has 142 valence electrons. The SMILES string of the molecule is Cc1[nH]c(CCCCCc2cccc3ccccc23)nc1Cc1ccccc1. The van der Waals surface area contributed by atoms with E-state index in [0.717, 1.165) is 25.1 Å². The van der Waals surface area contributed by atoms with Crippen LogP contribution in [0.3, 0.4) is 0 Å². The molecule has 1 heterocycles. The van der Waals surface area contributed by atoms with Crippen molar-refractivity contribution in [3.05, 3.63) is 101 Å². The molecule has 0 unspecified atom stereocenters. The third-order valence-corrected chi connectivity index (χ3v) is 5.49. The smallest absolute Gasteiger partial charge is 0.106 e. The molecule has 0 bridgehead atoms. The molecular weight excluding hydrogens is 340 g/mol. The molecule has 28 heavy (non-hydrogen) atoms. The molecule has 4 rings (SSSR count). The van der Waals surface area contributed by atoms with Crippen LogP contribution in [0.15, 0.2) is 72.8 Å².